The van der Waals surface area contributed by atoms with E-state index in [1.54, 1.807) is 18.2 Å². The molecule has 2 atom stereocenters. The first-order valence-electron chi connectivity index (χ1n) is 6.55. The molecule has 1 aliphatic heterocycles. The number of rotatable bonds is 5. The molecule has 0 spiro atoms. The van der Waals surface area contributed by atoms with Gasteiger partial charge in [0.1, 0.15) is 5.75 Å². The molecular formula is C14H17Cl2NO3. The Bertz CT molecular complexity index is 475. The van der Waals surface area contributed by atoms with Crippen LogP contribution >= 0.6 is 23.2 Å². The van der Waals surface area contributed by atoms with E-state index < -0.39 is 0 Å². The highest BCUT2D eigenvalue weighted by atomic mass is 35.5. The number of carbonyl (C=O) groups excluding carboxylic acids is 1. The van der Waals surface area contributed by atoms with E-state index in [1.807, 2.05) is 6.92 Å². The van der Waals surface area contributed by atoms with Crippen LogP contribution < -0.4 is 10.1 Å². The molecule has 0 aliphatic carbocycles. The van der Waals surface area contributed by atoms with Gasteiger partial charge in [-0.05, 0) is 31.9 Å². The number of benzene rings is 1. The van der Waals surface area contributed by atoms with Gasteiger partial charge in [0.25, 0.3) is 5.91 Å². The topological polar surface area (TPSA) is 47.6 Å². The molecule has 2 rings (SSSR count). The van der Waals surface area contributed by atoms with Crippen molar-refractivity contribution in [1.29, 1.82) is 0 Å². The normalized spacial score (nSPS) is 19.6. The third kappa shape index (κ3) is 4.27. The summed E-state index contributed by atoms with van der Waals surface area (Å²) in [7, 11) is 0. The van der Waals surface area contributed by atoms with Crippen LogP contribution in [-0.2, 0) is 9.53 Å². The molecule has 1 fully saturated rings. The summed E-state index contributed by atoms with van der Waals surface area (Å²) in [5.74, 6) is 0.197. The molecule has 1 N–H and O–H groups in total. The maximum Gasteiger partial charge on any atom is 0.258 e. The van der Waals surface area contributed by atoms with Crippen molar-refractivity contribution < 1.29 is 14.3 Å². The van der Waals surface area contributed by atoms with Crippen molar-refractivity contribution in [3.05, 3.63) is 28.2 Å². The zero-order valence-electron chi connectivity index (χ0n) is 11.2. The van der Waals surface area contributed by atoms with Crippen molar-refractivity contribution in [2.24, 2.45) is 0 Å². The fraction of sp³-hybridized carbons (Fsp3) is 0.500. The summed E-state index contributed by atoms with van der Waals surface area (Å²) >= 11 is 11.8. The first kappa shape index (κ1) is 15.4. The van der Waals surface area contributed by atoms with E-state index in [0.29, 0.717) is 15.8 Å². The van der Waals surface area contributed by atoms with Gasteiger partial charge in [-0.15, -0.1) is 0 Å². The first-order chi connectivity index (χ1) is 9.56. The summed E-state index contributed by atoms with van der Waals surface area (Å²) in [4.78, 5) is 11.8. The Morgan fingerprint density at radius 1 is 1.55 bits per heavy atom. The number of nitrogens with one attached hydrogen (secondary N) is 1. The van der Waals surface area contributed by atoms with E-state index in [0.717, 1.165) is 19.4 Å². The Labute approximate surface area is 128 Å². The number of hydrogen-bond donors (Lipinski definition) is 1. The molecule has 0 saturated carbocycles. The number of hydrogen-bond acceptors (Lipinski definition) is 3. The third-order valence-electron chi connectivity index (χ3n) is 3.16. The van der Waals surface area contributed by atoms with Gasteiger partial charge in [0.15, 0.2) is 6.61 Å². The van der Waals surface area contributed by atoms with Gasteiger partial charge < -0.3 is 14.8 Å². The molecule has 1 heterocycles. The highest BCUT2D eigenvalue weighted by Crippen LogP contribution is 2.27. The van der Waals surface area contributed by atoms with Crippen molar-refractivity contribution in [1.82, 2.24) is 5.32 Å². The number of halogens is 2. The number of amides is 1. The smallest absolute Gasteiger partial charge is 0.258 e. The molecule has 0 radical (unpaired) electrons. The molecule has 1 aromatic carbocycles. The van der Waals surface area contributed by atoms with Crippen LogP contribution in [0.25, 0.3) is 0 Å². The van der Waals surface area contributed by atoms with Gasteiger partial charge in [0.2, 0.25) is 0 Å². The molecule has 4 nitrogen and oxygen atoms in total. The highest BCUT2D eigenvalue weighted by Gasteiger charge is 2.23. The van der Waals surface area contributed by atoms with Crippen LogP contribution in [0.4, 0.5) is 0 Å². The summed E-state index contributed by atoms with van der Waals surface area (Å²) < 4.78 is 10.9. The third-order valence-corrected chi connectivity index (χ3v) is 3.71. The average molecular weight is 318 g/mol. The minimum Gasteiger partial charge on any atom is -0.482 e. The second-order valence-corrected chi connectivity index (χ2v) is 5.61. The van der Waals surface area contributed by atoms with Crippen LogP contribution in [0.3, 0.4) is 0 Å². The Morgan fingerprint density at radius 3 is 3.05 bits per heavy atom. The monoisotopic (exact) mass is 317 g/mol. The summed E-state index contributed by atoms with van der Waals surface area (Å²) in [6.07, 6.45) is 2.11. The van der Waals surface area contributed by atoms with E-state index in [9.17, 15) is 4.79 Å². The summed E-state index contributed by atoms with van der Waals surface area (Å²) in [5, 5.41) is 3.80. The van der Waals surface area contributed by atoms with Crippen molar-refractivity contribution >= 4 is 29.1 Å². The van der Waals surface area contributed by atoms with Gasteiger partial charge >= 0.3 is 0 Å². The van der Waals surface area contributed by atoms with Crippen LogP contribution in [0, 0.1) is 0 Å². The van der Waals surface area contributed by atoms with Gasteiger partial charge in [-0.1, -0.05) is 23.2 Å². The second kappa shape index (κ2) is 7.16. The van der Waals surface area contributed by atoms with E-state index in [1.165, 1.54) is 0 Å². The Kier molecular flexibility index (Phi) is 5.52. The quantitative estimate of drug-likeness (QED) is 0.908. The van der Waals surface area contributed by atoms with Crippen molar-refractivity contribution in [3.63, 3.8) is 0 Å². The zero-order chi connectivity index (χ0) is 14.5. The minimum atomic E-state index is -0.205. The lowest BCUT2D eigenvalue weighted by Gasteiger charge is -2.20. The largest absolute Gasteiger partial charge is 0.482 e. The van der Waals surface area contributed by atoms with E-state index >= 15 is 0 Å². The maximum absolute atomic E-state index is 11.8. The van der Waals surface area contributed by atoms with E-state index in [2.05, 4.69) is 5.32 Å². The molecule has 1 aromatic rings. The van der Waals surface area contributed by atoms with Crippen LogP contribution in [-0.4, -0.2) is 31.3 Å². The SMILES string of the molecule is C[C@@H](NC(=O)COc1cc(Cl)ccc1Cl)[C@H]1CCCO1. The van der Waals surface area contributed by atoms with E-state index in [4.69, 9.17) is 32.7 Å². The first-order valence-corrected chi connectivity index (χ1v) is 7.30. The Balaban J connectivity index is 1.81. The fourth-order valence-corrected chi connectivity index (χ4v) is 2.45. The predicted octanol–water partition coefficient (Wildman–Crippen LogP) is 3.06. The number of carbonyl (C=O) groups is 1. The van der Waals surface area contributed by atoms with Crippen LogP contribution in [0.5, 0.6) is 5.75 Å². The molecule has 110 valence electrons. The molecule has 0 unspecified atom stereocenters. The molecule has 1 amide bonds. The van der Waals surface area contributed by atoms with Crippen molar-refractivity contribution in [2.75, 3.05) is 13.2 Å². The van der Waals surface area contributed by atoms with Crippen molar-refractivity contribution in [3.8, 4) is 5.75 Å². The Morgan fingerprint density at radius 2 is 2.35 bits per heavy atom. The molecule has 0 aromatic heterocycles. The lowest BCUT2D eigenvalue weighted by molar-refractivity contribution is -0.124. The lowest BCUT2D eigenvalue weighted by Crippen LogP contribution is -2.42. The average Bonchev–Trinajstić information content (AvgIpc) is 2.94. The molecule has 20 heavy (non-hydrogen) atoms. The minimum absolute atomic E-state index is 0.0246. The maximum atomic E-state index is 11.8. The molecular weight excluding hydrogens is 301 g/mol. The van der Waals surface area contributed by atoms with Gasteiger partial charge in [-0.3, -0.25) is 4.79 Å². The molecule has 1 saturated heterocycles. The summed E-state index contributed by atoms with van der Waals surface area (Å²) in [6.45, 7) is 2.59. The van der Waals surface area contributed by atoms with Crippen molar-refractivity contribution in [2.45, 2.75) is 31.9 Å². The fourth-order valence-electron chi connectivity index (χ4n) is 2.12. The predicted molar refractivity (Wildman–Crippen MR) is 78.5 cm³/mol. The molecule has 0 bridgehead atoms. The summed E-state index contributed by atoms with van der Waals surface area (Å²) in [6, 6.07) is 4.85. The molecule has 1 aliphatic rings. The van der Waals surface area contributed by atoms with Gasteiger partial charge in [-0.2, -0.15) is 0 Å². The summed E-state index contributed by atoms with van der Waals surface area (Å²) in [5.41, 5.74) is 0. The lowest BCUT2D eigenvalue weighted by atomic mass is 10.1. The van der Waals surface area contributed by atoms with Gasteiger partial charge in [0, 0.05) is 17.7 Å². The highest BCUT2D eigenvalue weighted by molar-refractivity contribution is 6.34. The standard InChI is InChI=1S/C14H17Cl2NO3/c1-9(12-3-2-6-19-12)17-14(18)8-20-13-7-10(15)4-5-11(13)16/h4-5,7,9,12H,2-3,6,8H2,1H3,(H,17,18)/t9-,12-/m1/s1. The van der Waals surface area contributed by atoms with E-state index in [-0.39, 0.29) is 24.7 Å². The van der Waals surface area contributed by atoms with Crippen LogP contribution in [0.2, 0.25) is 10.0 Å². The zero-order valence-corrected chi connectivity index (χ0v) is 12.7. The Hall–Kier alpha value is -0.970. The van der Waals surface area contributed by atoms with Gasteiger partial charge in [0.05, 0.1) is 17.2 Å². The van der Waals surface area contributed by atoms with Crippen LogP contribution in [0.1, 0.15) is 19.8 Å². The number of ether oxygens (including phenoxy) is 2. The molecule has 6 heteroatoms. The van der Waals surface area contributed by atoms with Crippen LogP contribution in [0.15, 0.2) is 18.2 Å². The second-order valence-electron chi connectivity index (χ2n) is 4.77. The van der Waals surface area contributed by atoms with Gasteiger partial charge in [-0.25, -0.2) is 0 Å².